The van der Waals surface area contributed by atoms with Crippen LogP contribution in [0.5, 0.6) is 0 Å². The van der Waals surface area contributed by atoms with Gasteiger partial charge in [-0.05, 0) is 24.5 Å². The number of fused-ring (bicyclic) bond motifs is 2. The second-order valence-corrected chi connectivity index (χ2v) is 20.3. The number of hydrogen-bond donors (Lipinski definition) is 8. The molecular weight excluding hydrogens is 983 g/mol. The lowest BCUT2D eigenvalue weighted by Crippen LogP contribution is -2.41. The van der Waals surface area contributed by atoms with E-state index in [9.17, 15) is 48.9 Å². The van der Waals surface area contributed by atoms with Crippen molar-refractivity contribution in [1.29, 1.82) is 0 Å². The number of rotatable bonds is 15. The zero-order valence-electron chi connectivity index (χ0n) is 36.6. The highest BCUT2D eigenvalue weighted by Gasteiger charge is 2.49. The Balaban J connectivity index is 0.838. The van der Waals surface area contributed by atoms with E-state index >= 15 is 0 Å². The number of primary amides is 1. The molecule has 27 nitrogen and oxygen atoms in total. The minimum Gasteiger partial charge on any atom is -0.387 e. The number of aliphatic hydroxyl groups is 4. The van der Waals surface area contributed by atoms with Gasteiger partial charge in [0.1, 0.15) is 65.2 Å². The van der Waals surface area contributed by atoms with Crippen LogP contribution in [0.2, 0.25) is 0 Å². The molecule has 70 heavy (non-hydrogen) atoms. The Morgan fingerprint density at radius 3 is 2.16 bits per heavy atom. The van der Waals surface area contributed by atoms with Crippen molar-refractivity contribution in [3.05, 3.63) is 89.8 Å². The Bertz CT molecular complexity index is 2990. The fraction of sp³-hybridized carbons (Fsp3) is 0.450. The maximum atomic E-state index is 14.2. The predicted octanol–water partition coefficient (Wildman–Crippen LogP) is 0.432. The number of phosphoric ester groups is 2. The number of nitrogens with two attached hydrogens (primary N) is 2. The molecule has 2 amide bonds. The van der Waals surface area contributed by atoms with E-state index in [0.29, 0.717) is 18.5 Å². The number of allylic oxidation sites excluding steroid dienone is 1. The van der Waals surface area contributed by atoms with Crippen LogP contribution in [0.15, 0.2) is 79.6 Å². The number of hydrogen-bond acceptors (Lipinski definition) is 21. The smallest absolute Gasteiger partial charge is 0.387 e. The van der Waals surface area contributed by atoms with Gasteiger partial charge in [0.15, 0.2) is 29.6 Å². The molecule has 8 heterocycles. The summed E-state index contributed by atoms with van der Waals surface area (Å²) in [6, 6.07) is 7.51. The molecule has 5 aromatic rings. The lowest BCUT2D eigenvalue weighted by Gasteiger charge is -2.31. The summed E-state index contributed by atoms with van der Waals surface area (Å²) < 4.78 is 55.7. The summed E-state index contributed by atoms with van der Waals surface area (Å²) in [7, 11) is -11.0. The van der Waals surface area contributed by atoms with Crippen LogP contribution in [0, 0.1) is 4.64 Å². The molecule has 1 aromatic carbocycles. The van der Waals surface area contributed by atoms with Gasteiger partial charge in [0.25, 0.3) is 0 Å². The number of aliphatic hydroxyl groups excluding tert-OH is 4. The summed E-state index contributed by atoms with van der Waals surface area (Å²) in [5.74, 6) is -0.975. The quantitative estimate of drug-likeness (QED) is 0.0521. The molecule has 0 saturated carbocycles. The molecule has 10 N–H and O–H groups in total. The van der Waals surface area contributed by atoms with Crippen molar-refractivity contribution < 1.29 is 71.8 Å². The highest BCUT2D eigenvalue weighted by atomic mass is 32.1. The van der Waals surface area contributed by atoms with Gasteiger partial charge in [-0.25, -0.2) is 29.1 Å². The average molecular weight is 1030 g/mol. The predicted molar refractivity (Wildman–Crippen MR) is 242 cm³/mol. The van der Waals surface area contributed by atoms with Gasteiger partial charge in [-0.15, -0.1) is 0 Å². The van der Waals surface area contributed by atoms with E-state index in [4.69, 9.17) is 42.2 Å². The third-order valence-corrected chi connectivity index (χ3v) is 15.3. The van der Waals surface area contributed by atoms with Crippen LogP contribution in [0.3, 0.4) is 0 Å². The molecule has 0 spiro atoms. The second-order valence-electron chi connectivity index (χ2n) is 16.8. The summed E-state index contributed by atoms with van der Waals surface area (Å²) in [6.45, 7) is -0.668. The van der Waals surface area contributed by atoms with Gasteiger partial charge in [0.2, 0.25) is 11.8 Å². The third kappa shape index (κ3) is 9.93. The van der Waals surface area contributed by atoms with Crippen LogP contribution in [0.4, 0.5) is 5.82 Å². The Kier molecular flexibility index (Phi) is 14.2. The van der Waals surface area contributed by atoms with Gasteiger partial charge in [-0.2, -0.15) is 9.41 Å². The molecule has 374 valence electrons. The van der Waals surface area contributed by atoms with Crippen LogP contribution in [0.25, 0.3) is 22.2 Å². The van der Waals surface area contributed by atoms with Crippen LogP contribution >= 0.6 is 27.9 Å². The van der Waals surface area contributed by atoms with Gasteiger partial charge in [0.05, 0.1) is 36.8 Å². The number of likely N-dealkylation sites (tertiary alicyclic amines) is 1. The largest absolute Gasteiger partial charge is 0.481 e. The fourth-order valence-corrected chi connectivity index (χ4v) is 11.1. The molecule has 9 rings (SSSR count). The first-order chi connectivity index (χ1) is 33.4. The van der Waals surface area contributed by atoms with Crippen molar-refractivity contribution in [3.8, 4) is 0 Å². The van der Waals surface area contributed by atoms with E-state index < -0.39 is 95.9 Å². The number of nitrogens with zero attached hydrogens (tertiary/aromatic N) is 10. The van der Waals surface area contributed by atoms with Crippen molar-refractivity contribution in [2.45, 2.75) is 86.8 Å². The number of amides is 2. The van der Waals surface area contributed by atoms with E-state index in [1.807, 2.05) is 35.2 Å². The monoisotopic (exact) mass is 1030 g/mol. The molecule has 3 saturated heterocycles. The lowest BCUT2D eigenvalue weighted by atomic mass is 10.0. The molecule has 4 aliphatic rings. The summed E-state index contributed by atoms with van der Waals surface area (Å²) in [6.07, 6.45) is 0.844. The van der Waals surface area contributed by atoms with Crippen molar-refractivity contribution >= 4 is 67.7 Å². The molecule has 2 unspecified atom stereocenters. The first kappa shape index (κ1) is 49.6. The summed E-state index contributed by atoms with van der Waals surface area (Å²) in [4.78, 5) is 67.4. The molecule has 0 aliphatic carbocycles. The Hall–Kier alpha value is -5.42. The van der Waals surface area contributed by atoms with Crippen molar-refractivity contribution in [2.75, 3.05) is 32.0 Å². The van der Waals surface area contributed by atoms with Gasteiger partial charge in [-0.3, -0.25) is 27.9 Å². The minimum absolute atomic E-state index is 0.0350. The van der Waals surface area contributed by atoms with Crippen molar-refractivity contribution in [2.24, 2.45) is 5.73 Å². The summed E-state index contributed by atoms with van der Waals surface area (Å²) in [5.41, 5.74) is 12.9. The van der Waals surface area contributed by atoms with E-state index in [-0.39, 0.29) is 38.7 Å². The lowest BCUT2D eigenvalue weighted by molar-refractivity contribution is -0.133. The number of anilines is 1. The number of aromatic nitrogens is 8. The number of carbonyl (C=O) groups excluding carboxylic acids is 2. The standard InChI is InChI=1S/C40H48N12O15P2S/c41-33-27-36(44-18-43-33)51(19-45-27)39-32(56)30(54)26(66-39)17-64-69(61,62)67-68(59,60)63-16-25-29(53)31(55)38(65-25)49-13-10-24(22(14-49)34(42)57)52-15-23-35(47-52)46-20-50(40(23)70)28(21-8-4-3-5-9-21)37(58)48-11-6-1-2-7-12-48/h3-5,8-10,13-15,18-20,24-26,28-32,38-39,53-56H,1-2,6-7,11-12,16-17H2,(H2,42,57)(H,59,60)(H,61,62)(H2,41,43,44)/t24-,25+,26+,28-,29+,30+,31+,32+,38+,39+/m0/s1. The number of phosphoric acid groups is 2. The average Bonchev–Trinajstić information content (AvgIpc) is 4.04. The van der Waals surface area contributed by atoms with Gasteiger partial charge < -0.3 is 65.5 Å². The van der Waals surface area contributed by atoms with Crippen LogP contribution in [0.1, 0.15) is 49.6 Å². The first-order valence-electron chi connectivity index (χ1n) is 21.8. The fourth-order valence-electron chi connectivity index (χ4n) is 8.73. The Morgan fingerprint density at radius 1 is 0.857 bits per heavy atom. The number of ether oxygens (including phenoxy) is 2. The highest BCUT2D eigenvalue weighted by Crippen LogP contribution is 2.61. The zero-order chi connectivity index (χ0) is 49.6. The van der Waals surface area contributed by atoms with E-state index in [1.54, 1.807) is 10.8 Å². The molecule has 4 aromatic heterocycles. The molecule has 0 radical (unpaired) electrons. The zero-order valence-corrected chi connectivity index (χ0v) is 39.3. The molecule has 3 fully saturated rings. The molecular formula is C40H48N12O15P2S. The van der Waals surface area contributed by atoms with Crippen LogP contribution in [-0.2, 0) is 41.6 Å². The van der Waals surface area contributed by atoms with Gasteiger partial charge in [-0.1, -0.05) is 55.4 Å². The SMILES string of the molecule is NC(=O)C1=CN([C@@H]2O[C@H](COP(=O)(O)OP(=O)(O)OC[C@H]3O[C@@H](n4cnc5c(N)ncnc54)[C@H](O)[C@@H]3O)[C@@H](O)[C@H]2O)C=C[C@@H]1n1cc2c(=S)n([C@H](C(=O)N3CCCCCC3)c3ccccc3)cnc2n1. The Morgan fingerprint density at radius 2 is 1.50 bits per heavy atom. The maximum Gasteiger partial charge on any atom is 0.481 e. The number of benzene rings is 1. The summed E-state index contributed by atoms with van der Waals surface area (Å²) >= 11 is 5.96. The van der Waals surface area contributed by atoms with Gasteiger partial charge in [0, 0.05) is 31.7 Å². The first-order valence-corrected chi connectivity index (χ1v) is 25.2. The van der Waals surface area contributed by atoms with Crippen molar-refractivity contribution in [3.63, 3.8) is 0 Å². The van der Waals surface area contributed by atoms with E-state index in [2.05, 4.69) is 29.3 Å². The third-order valence-electron chi connectivity index (χ3n) is 12.3. The highest BCUT2D eigenvalue weighted by molar-refractivity contribution is 7.71. The number of imidazole rings is 1. The second kappa shape index (κ2) is 20.0. The number of carbonyl (C=O) groups is 2. The molecule has 0 bridgehead atoms. The van der Waals surface area contributed by atoms with E-state index in [1.165, 1.54) is 45.3 Å². The molecule has 30 heteroatoms. The van der Waals surface area contributed by atoms with Crippen LogP contribution < -0.4 is 11.5 Å². The maximum absolute atomic E-state index is 14.2. The van der Waals surface area contributed by atoms with E-state index in [0.717, 1.165) is 37.6 Å². The van der Waals surface area contributed by atoms with Crippen molar-refractivity contribution in [1.82, 2.24) is 48.7 Å². The molecule has 4 aliphatic heterocycles. The number of nitrogen functional groups attached to an aromatic ring is 1. The molecule has 12 atom stereocenters. The van der Waals surface area contributed by atoms with Crippen LogP contribution in [-0.4, -0.2) is 160 Å². The van der Waals surface area contributed by atoms with Gasteiger partial charge >= 0.3 is 15.6 Å². The summed E-state index contributed by atoms with van der Waals surface area (Å²) in [5, 5.41) is 48.2. The Labute approximate surface area is 401 Å². The normalized spacial score (nSPS) is 28.4. The topological polar surface area (TPSA) is 374 Å². The minimum atomic E-state index is -5.50.